The molecule has 78 valence electrons. The maximum absolute atomic E-state index is 5.47. The average molecular weight is 184 g/mol. The molecule has 0 bridgehead atoms. The van der Waals surface area contributed by atoms with Gasteiger partial charge in [0.15, 0.2) is 0 Å². The van der Waals surface area contributed by atoms with Crippen LogP contribution in [0.4, 0.5) is 0 Å². The highest BCUT2D eigenvalue weighted by molar-refractivity contribution is 4.92. The van der Waals surface area contributed by atoms with Crippen molar-refractivity contribution in [3.63, 3.8) is 0 Å². The Hall–Kier alpha value is -0.0400. The second-order valence-corrected chi connectivity index (χ2v) is 4.98. The van der Waals surface area contributed by atoms with Gasteiger partial charge in [-0.2, -0.15) is 0 Å². The first kappa shape index (κ1) is 11.0. The Labute approximate surface area is 82.9 Å². The molecule has 0 aliphatic carbocycles. The normalized spacial score (nSPS) is 23.1. The zero-order valence-electron chi connectivity index (χ0n) is 9.65. The highest BCUT2D eigenvalue weighted by Gasteiger charge is 2.42. The molecule has 0 radical (unpaired) electrons. The second-order valence-electron chi connectivity index (χ2n) is 4.98. The molecule has 1 aliphatic rings. The molecule has 1 heteroatoms. The molecule has 0 aromatic carbocycles. The standard InChI is InChI=1S/C12H24O/c1-5-11(3,4)12(6-2)7-9-13-10-8-12/h5-10H2,1-4H3. The van der Waals surface area contributed by atoms with E-state index in [4.69, 9.17) is 4.74 Å². The van der Waals surface area contributed by atoms with Crippen molar-refractivity contribution in [3.05, 3.63) is 0 Å². The lowest BCUT2D eigenvalue weighted by Crippen LogP contribution is -2.41. The predicted molar refractivity (Wildman–Crippen MR) is 56.8 cm³/mol. The predicted octanol–water partition coefficient (Wildman–Crippen LogP) is 3.63. The number of rotatable bonds is 3. The molecular formula is C12H24O. The van der Waals surface area contributed by atoms with Crippen LogP contribution in [-0.2, 0) is 4.74 Å². The van der Waals surface area contributed by atoms with Gasteiger partial charge in [0.1, 0.15) is 0 Å². The van der Waals surface area contributed by atoms with E-state index in [1.165, 1.54) is 25.7 Å². The molecule has 1 aliphatic heterocycles. The third kappa shape index (κ3) is 1.90. The maximum Gasteiger partial charge on any atom is 0.0471 e. The van der Waals surface area contributed by atoms with Crippen LogP contribution in [0.3, 0.4) is 0 Å². The van der Waals surface area contributed by atoms with Gasteiger partial charge < -0.3 is 4.74 Å². The Balaban J connectivity index is 2.78. The molecular weight excluding hydrogens is 160 g/mol. The van der Waals surface area contributed by atoms with E-state index >= 15 is 0 Å². The lowest BCUT2D eigenvalue weighted by atomic mass is 9.59. The zero-order chi connectivity index (χ0) is 9.95. The van der Waals surface area contributed by atoms with E-state index in [2.05, 4.69) is 27.7 Å². The monoisotopic (exact) mass is 184 g/mol. The lowest BCUT2D eigenvalue weighted by Gasteiger charge is -2.48. The Morgan fingerprint density at radius 3 is 2.08 bits per heavy atom. The first-order valence-electron chi connectivity index (χ1n) is 5.66. The summed E-state index contributed by atoms with van der Waals surface area (Å²) in [6.07, 6.45) is 5.09. The fourth-order valence-electron chi connectivity index (χ4n) is 2.65. The van der Waals surface area contributed by atoms with Crippen molar-refractivity contribution in [2.24, 2.45) is 10.8 Å². The molecule has 1 saturated heterocycles. The average Bonchev–Trinajstić information content (AvgIpc) is 2.18. The number of hydrogen-bond acceptors (Lipinski definition) is 1. The van der Waals surface area contributed by atoms with Gasteiger partial charge >= 0.3 is 0 Å². The van der Waals surface area contributed by atoms with E-state index in [0.717, 1.165) is 13.2 Å². The summed E-state index contributed by atoms with van der Waals surface area (Å²) in [4.78, 5) is 0. The van der Waals surface area contributed by atoms with Gasteiger partial charge in [0.2, 0.25) is 0 Å². The van der Waals surface area contributed by atoms with Gasteiger partial charge in [-0.05, 0) is 30.1 Å². The van der Waals surface area contributed by atoms with Crippen molar-refractivity contribution in [1.82, 2.24) is 0 Å². The summed E-state index contributed by atoms with van der Waals surface area (Å²) in [5.41, 5.74) is 1.02. The van der Waals surface area contributed by atoms with E-state index in [9.17, 15) is 0 Å². The van der Waals surface area contributed by atoms with Crippen molar-refractivity contribution < 1.29 is 4.74 Å². The van der Waals surface area contributed by atoms with Crippen molar-refractivity contribution in [1.29, 1.82) is 0 Å². The molecule has 0 N–H and O–H groups in total. The van der Waals surface area contributed by atoms with Gasteiger partial charge in [0, 0.05) is 13.2 Å². The summed E-state index contributed by atoms with van der Waals surface area (Å²) in [5, 5.41) is 0. The molecule has 0 aromatic heterocycles. The molecule has 0 aromatic rings. The number of ether oxygens (including phenoxy) is 1. The summed E-state index contributed by atoms with van der Waals surface area (Å²) in [6.45, 7) is 11.4. The topological polar surface area (TPSA) is 9.23 Å². The van der Waals surface area contributed by atoms with Crippen LogP contribution in [0.5, 0.6) is 0 Å². The van der Waals surface area contributed by atoms with Gasteiger partial charge in [-0.25, -0.2) is 0 Å². The minimum atomic E-state index is 0.478. The molecule has 0 atom stereocenters. The Kier molecular flexibility index (Phi) is 3.39. The van der Waals surface area contributed by atoms with Crippen LogP contribution in [0, 0.1) is 10.8 Å². The van der Waals surface area contributed by atoms with Crippen LogP contribution in [0.15, 0.2) is 0 Å². The largest absolute Gasteiger partial charge is 0.381 e. The molecule has 0 saturated carbocycles. The van der Waals surface area contributed by atoms with Crippen LogP contribution in [0.2, 0.25) is 0 Å². The van der Waals surface area contributed by atoms with Crippen LogP contribution >= 0.6 is 0 Å². The van der Waals surface area contributed by atoms with Gasteiger partial charge in [-0.3, -0.25) is 0 Å². The first-order chi connectivity index (χ1) is 6.08. The Bertz CT molecular complexity index is 155. The summed E-state index contributed by atoms with van der Waals surface area (Å²) in [6, 6.07) is 0. The summed E-state index contributed by atoms with van der Waals surface area (Å²) >= 11 is 0. The third-order valence-corrected chi connectivity index (χ3v) is 4.45. The molecule has 1 heterocycles. The van der Waals surface area contributed by atoms with E-state index in [1.54, 1.807) is 0 Å². The highest BCUT2D eigenvalue weighted by atomic mass is 16.5. The van der Waals surface area contributed by atoms with Crippen LogP contribution in [0.1, 0.15) is 53.4 Å². The smallest absolute Gasteiger partial charge is 0.0471 e. The molecule has 0 amide bonds. The Morgan fingerprint density at radius 2 is 1.69 bits per heavy atom. The zero-order valence-corrected chi connectivity index (χ0v) is 9.65. The van der Waals surface area contributed by atoms with Gasteiger partial charge in [-0.1, -0.05) is 34.1 Å². The van der Waals surface area contributed by atoms with Crippen molar-refractivity contribution in [3.8, 4) is 0 Å². The van der Waals surface area contributed by atoms with Crippen molar-refractivity contribution in [2.75, 3.05) is 13.2 Å². The van der Waals surface area contributed by atoms with Crippen molar-refractivity contribution in [2.45, 2.75) is 53.4 Å². The van der Waals surface area contributed by atoms with Gasteiger partial charge in [0.05, 0.1) is 0 Å². The minimum Gasteiger partial charge on any atom is -0.381 e. The highest BCUT2D eigenvalue weighted by Crippen LogP contribution is 2.50. The fraction of sp³-hybridized carbons (Fsp3) is 1.00. The summed E-state index contributed by atoms with van der Waals surface area (Å²) in [7, 11) is 0. The second kappa shape index (κ2) is 4.00. The van der Waals surface area contributed by atoms with E-state index in [-0.39, 0.29) is 0 Å². The molecule has 1 nitrogen and oxygen atoms in total. The molecule has 13 heavy (non-hydrogen) atoms. The quantitative estimate of drug-likeness (QED) is 0.651. The van der Waals surface area contributed by atoms with Gasteiger partial charge in [-0.15, -0.1) is 0 Å². The molecule has 0 unspecified atom stereocenters. The summed E-state index contributed by atoms with van der Waals surface area (Å²) < 4.78 is 5.47. The number of hydrogen-bond donors (Lipinski definition) is 0. The van der Waals surface area contributed by atoms with E-state index < -0.39 is 0 Å². The SMILES string of the molecule is CCC(C)(C)C1(CC)CCOCC1. The molecule has 1 fully saturated rings. The molecule has 0 spiro atoms. The van der Waals surface area contributed by atoms with E-state index in [1.807, 2.05) is 0 Å². The summed E-state index contributed by atoms with van der Waals surface area (Å²) in [5.74, 6) is 0. The van der Waals surface area contributed by atoms with Gasteiger partial charge in [0.25, 0.3) is 0 Å². The van der Waals surface area contributed by atoms with Crippen LogP contribution < -0.4 is 0 Å². The lowest BCUT2D eigenvalue weighted by molar-refractivity contribution is -0.0579. The first-order valence-corrected chi connectivity index (χ1v) is 5.66. The third-order valence-electron chi connectivity index (χ3n) is 4.45. The molecule has 1 rings (SSSR count). The van der Waals surface area contributed by atoms with E-state index in [0.29, 0.717) is 10.8 Å². The fourth-order valence-corrected chi connectivity index (χ4v) is 2.65. The Morgan fingerprint density at radius 1 is 1.15 bits per heavy atom. The minimum absolute atomic E-state index is 0.478. The maximum atomic E-state index is 5.47. The van der Waals surface area contributed by atoms with Crippen LogP contribution in [0.25, 0.3) is 0 Å². The van der Waals surface area contributed by atoms with Crippen LogP contribution in [-0.4, -0.2) is 13.2 Å². The van der Waals surface area contributed by atoms with Crippen molar-refractivity contribution >= 4 is 0 Å².